The van der Waals surface area contributed by atoms with Gasteiger partial charge in [0.15, 0.2) is 0 Å². The highest BCUT2D eigenvalue weighted by molar-refractivity contribution is 9.10. The smallest absolute Gasteiger partial charge is 0.0178 e. The second kappa shape index (κ2) is 4.89. The van der Waals surface area contributed by atoms with E-state index in [2.05, 4.69) is 59.3 Å². The van der Waals surface area contributed by atoms with Crippen LogP contribution >= 0.6 is 15.9 Å². The van der Waals surface area contributed by atoms with Crippen LogP contribution in [0.4, 0.5) is 0 Å². The van der Waals surface area contributed by atoms with Crippen molar-refractivity contribution < 1.29 is 0 Å². The van der Waals surface area contributed by atoms with Gasteiger partial charge >= 0.3 is 0 Å². The summed E-state index contributed by atoms with van der Waals surface area (Å²) >= 11 is 3.56. The molecule has 92 valence electrons. The van der Waals surface area contributed by atoms with E-state index >= 15 is 0 Å². The monoisotopic (exact) mass is 300 g/mol. The van der Waals surface area contributed by atoms with Gasteiger partial charge in [-0.1, -0.05) is 53.5 Å². The van der Waals surface area contributed by atoms with E-state index in [1.54, 1.807) is 0 Å². The molecule has 3 rings (SSSR count). The third-order valence-electron chi connectivity index (χ3n) is 3.73. The van der Waals surface area contributed by atoms with Crippen LogP contribution in [0.5, 0.6) is 0 Å². The number of rotatable bonds is 2. The fraction of sp³-hybridized carbons (Fsp3) is 0.294. The molecule has 1 aliphatic rings. The maximum Gasteiger partial charge on any atom is 0.0178 e. The van der Waals surface area contributed by atoms with Crippen LogP contribution in [0.25, 0.3) is 11.1 Å². The SMILES string of the molecule is CCCc1ccc2c(c1)CCc1cc(Br)ccc1-2. The Morgan fingerprint density at radius 3 is 2.33 bits per heavy atom. The van der Waals surface area contributed by atoms with Gasteiger partial charge in [0, 0.05) is 4.47 Å². The predicted molar refractivity (Wildman–Crippen MR) is 81.0 cm³/mol. The Labute approximate surface area is 117 Å². The lowest BCUT2D eigenvalue weighted by Gasteiger charge is -2.21. The first kappa shape index (κ1) is 12.0. The van der Waals surface area contributed by atoms with E-state index in [0.717, 1.165) is 6.42 Å². The Morgan fingerprint density at radius 1 is 0.944 bits per heavy atom. The van der Waals surface area contributed by atoms with E-state index in [1.165, 1.54) is 51.6 Å². The Morgan fingerprint density at radius 2 is 1.61 bits per heavy atom. The van der Waals surface area contributed by atoms with Gasteiger partial charge in [0.2, 0.25) is 0 Å². The molecule has 0 bridgehead atoms. The van der Waals surface area contributed by atoms with Gasteiger partial charge in [-0.2, -0.15) is 0 Å². The van der Waals surface area contributed by atoms with Crippen LogP contribution in [-0.4, -0.2) is 0 Å². The summed E-state index contributed by atoms with van der Waals surface area (Å²) in [6.07, 6.45) is 4.76. The third-order valence-corrected chi connectivity index (χ3v) is 4.22. The molecule has 0 saturated heterocycles. The first-order valence-electron chi connectivity index (χ1n) is 6.68. The van der Waals surface area contributed by atoms with Crippen molar-refractivity contribution in [1.82, 2.24) is 0 Å². The van der Waals surface area contributed by atoms with Crippen LogP contribution < -0.4 is 0 Å². The van der Waals surface area contributed by atoms with Crippen LogP contribution in [0.3, 0.4) is 0 Å². The molecule has 0 nitrogen and oxygen atoms in total. The van der Waals surface area contributed by atoms with E-state index in [1.807, 2.05) is 0 Å². The predicted octanol–water partition coefficient (Wildman–Crippen LogP) is 5.17. The second-order valence-electron chi connectivity index (χ2n) is 5.04. The zero-order valence-corrected chi connectivity index (χ0v) is 12.3. The third kappa shape index (κ3) is 2.12. The Kier molecular flexibility index (Phi) is 3.25. The average molecular weight is 301 g/mol. The molecule has 0 aromatic heterocycles. The van der Waals surface area contributed by atoms with E-state index in [0.29, 0.717) is 0 Å². The molecule has 0 saturated carbocycles. The summed E-state index contributed by atoms with van der Waals surface area (Å²) in [4.78, 5) is 0. The molecule has 0 N–H and O–H groups in total. The molecular formula is C17H17Br. The van der Waals surface area contributed by atoms with Gasteiger partial charge in [0.25, 0.3) is 0 Å². The summed E-state index contributed by atoms with van der Waals surface area (Å²) in [6.45, 7) is 2.24. The zero-order chi connectivity index (χ0) is 12.5. The first-order valence-corrected chi connectivity index (χ1v) is 7.48. The molecule has 1 heteroatoms. The van der Waals surface area contributed by atoms with E-state index in [9.17, 15) is 0 Å². The molecule has 0 heterocycles. The van der Waals surface area contributed by atoms with Gasteiger partial charge in [-0.25, -0.2) is 0 Å². The molecule has 0 unspecified atom stereocenters. The average Bonchev–Trinajstić information content (AvgIpc) is 2.38. The molecule has 2 aromatic carbocycles. The Hall–Kier alpha value is -1.08. The molecule has 2 aromatic rings. The highest BCUT2D eigenvalue weighted by Gasteiger charge is 2.16. The van der Waals surface area contributed by atoms with Gasteiger partial charge in [-0.15, -0.1) is 0 Å². The fourth-order valence-electron chi connectivity index (χ4n) is 2.86. The molecule has 0 radical (unpaired) electrons. The second-order valence-corrected chi connectivity index (χ2v) is 5.96. The lowest BCUT2D eigenvalue weighted by atomic mass is 9.84. The van der Waals surface area contributed by atoms with Gasteiger partial charge in [0.05, 0.1) is 0 Å². The highest BCUT2D eigenvalue weighted by Crippen LogP contribution is 2.35. The van der Waals surface area contributed by atoms with Crippen molar-refractivity contribution in [3.63, 3.8) is 0 Å². The number of halogens is 1. The van der Waals surface area contributed by atoms with Crippen LogP contribution in [0, 0.1) is 0 Å². The molecule has 0 spiro atoms. The van der Waals surface area contributed by atoms with Crippen LogP contribution in [0.2, 0.25) is 0 Å². The quantitative estimate of drug-likeness (QED) is 0.718. The molecule has 18 heavy (non-hydrogen) atoms. The summed E-state index contributed by atoms with van der Waals surface area (Å²) in [5, 5.41) is 0. The fourth-order valence-corrected chi connectivity index (χ4v) is 3.27. The largest absolute Gasteiger partial charge is 0.0651 e. The molecule has 0 fully saturated rings. The van der Waals surface area contributed by atoms with Gasteiger partial charge in [-0.3, -0.25) is 0 Å². The van der Waals surface area contributed by atoms with Crippen molar-refractivity contribution in [2.24, 2.45) is 0 Å². The summed E-state index contributed by atoms with van der Waals surface area (Å²) in [6, 6.07) is 13.7. The molecule has 0 amide bonds. The summed E-state index contributed by atoms with van der Waals surface area (Å²) in [5.74, 6) is 0. The molecule has 0 atom stereocenters. The normalized spacial score (nSPS) is 13.0. The van der Waals surface area contributed by atoms with Crippen molar-refractivity contribution >= 4 is 15.9 Å². The maximum absolute atomic E-state index is 3.56. The minimum atomic E-state index is 1.16. The van der Waals surface area contributed by atoms with E-state index < -0.39 is 0 Å². The van der Waals surface area contributed by atoms with Crippen molar-refractivity contribution in [1.29, 1.82) is 0 Å². The highest BCUT2D eigenvalue weighted by atomic mass is 79.9. The topological polar surface area (TPSA) is 0 Å². The summed E-state index contributed by atoms with van der Waals surface area (Å²) < 4.78 is 1.19. The number of aryl methyl sites for hydroxylation is 3. The molecule has 0 aliphatic heterocycles. The number of benzene rings is 2. The van der Waals surface area contributed by atoms with Crippen LogP contribution in [-0.2, 0) is 19.3 Å². The lowest BCUT2D eigenvalue weighted by Crippen LogP contribution is -2.04. The number of hydrogen-bond donors (Lipinski definition) is 0. The van der Waals surface area contributed by atoms with Crippen LogP contribution in [0.15, 0.2) is 40.9 Å². The van der Waals surface area contributed by atoms with Gasteiger partial charge in [0.1, 0.15) is 0 Å². The maximum atomic E-state index is 3.56. The zero-order valence-electron chi connectivity index (χ0n) is 10.7. The minimum Gasteiger partial charge on any atom is -0.0651 e. The number of hydrogen-bond acceptors (Lipinski definition) is 0. The Bertz CT molecular complexity index is 584. The summed E-state index contributed by atoms with van der Waals surface area (Å²) in [5.41, 5.74) is 7.33. The first-order chi connectivity index (χ1) is 8.78. The van der Waals surface area contributed by atoms with E-state index in [4.69, 9.17) is 0 Å². The van der Waals surface area contributed by atoms with Crippen molar-refractivity contribution in [3.8, 4) is 11.1 Å². The Balaban J connectivity index is 2.08. The van der Waals surface area contributed by atoms with Gasteiger partial charge < -0.3 is 0 Å². The van der Waals surface area contributed by atoms with Gasteiger partial charge in [-0.05, 0) is 59.2 Å². The van der Waals surface area contributed by atoms with Crippen molar-refractivity contribution in [2.45, 2.75) is 32.6 Å². The molecule has 1 aliphatic carbocycles. The van der Waals surface area contributed by atoms with Crippen molar-refractivity contribution in [3.05, 3.63) is 57.6 Å². The molecular weight excluding hydrogens is 284 g/mol. The van der Waals surface area contributed by atoms with Crippen molar-refractivity contribution in [2.75, 3.05) is 0 Å². The minimum absolute atomic E-state index is 1.16. The standard InChI is InChI=1S/C17H17Br/c1-2-3-12-4-8-16-13(10-12)5-6-14-11-15(18)7-9-17(14)16/h4,7-11H,2-3,5-6H2,1H3. The summed E-state index contributed by atoms with van der Waals surface area (Å²) in [7, 11) is 0. The van der Waals surface area contributed by atoms with Crippen LogP contribution in [0.1, 0.15) is 30.0 Å². The lowest BCUT2D eigenvalue weighted by molar-refractivity contribution is 0.901. The van der Waals surface area contributed by atoms with E-state index in [-0.39, 0.29) is 0 Å². The number of fused-ring (bicyclic) bond motifs is 3.